The topological polar surface area (TPSA) is 228 Å². The number of anilines is 2. The van der Waals surface area contributed by atoms with Crippen LogP contribution in [0.5, 0.6) is 0 Å². The molecule has 5 rings (SSSR count). The molecule has 2 aromatic carbocycles. The molecule has 21 heteroatoms. The van der Waals surface area contributed by atoms with E-state index in [1.54, 1.807) is 97.4 Å². The molecule has 0 aliphatic heterocycles. The molecule has 2 N–H and O–H groups in total. The summed E-state index contributed by atoms with van der Waals surface area (Å²) in [6.45, 7) is 7.04. The van der Waals surface area contributed by atoms with E-state index in [9.17, 15) is 22.8 Å². The second-order valence-electron chi connectivity index (χ2n) is 12.6. The first kappa shape index (κ1) is 45.6. The van der Waals surface area contributed by atoms with E-state index < -0.39 is 38.1 Å². The molecule has 0 aliphatic rings. The van der Waals surface area contributed by atoms with Crippen LogP contribution in [0, 0.1) is 13.8 Å². The van der Waals surface area contributed by atoms with Crippen LogP contribution in [0.4, 0.5) is 29.6 Å². The number of ketones is 1. The number of alkyl halides is 3. The number of aryl methyl sites for hydroxylation is 2. The van der Waals surface area contributed by atoms with Gasteiger partial charge in [-0.15, -0.1) is 0 Å². The Labute approximate surface area is 326 Å². The van der Waals surface area contributed by atoms with Crippen molar-refractivity contribution >= 4 is 43.8 Å². The summed E-state index contributed by atoms with van der Waals surface area (Å²) in [5.74, 6) is -0.0831. The van der Waals surface area contributed by atoms with Gasteiger partial charge in [-0.25, -0.2) is 41.1 Å². The molecule has 16 nitrogen and oxygen atoms in total. The van der Waals surface area contributed by atoms with Crippen molar-refractivity contribution in [2.45, 2.75) is 53.1 Å². The number of H-pyrrole nitrogens is 1. The molecule has 0 saturated heterocycles. The van der Waals surface area contributed by atoms with Crippen LogP contribution in [0.3, 0.4) is 0 Å². The second-order valence-corrected chi connectivity index (χ2v) is 15.4. The van der Waals surface area contributed by atoms with Crippen LogP contribution in [0.15, 0.2) is 85.7 Å². The number of Topliss-reactive ketones (excluding diaryl/α,β-unsaturated/α-hetero) is 1. The summed E-state index contributed by atoms with van der Waals surface area (Å²) < 4.78 is 109. The number of aromatic nitrogens is 5. The molecule has 3 heterocycles. The van der Waals surface area contributed by atoms with E-state index >= 15 is 0 Å². The minimum absolute atomic E-state index is 0.0535. The van der Waals surface area contributed by atoms with Crippen molar-refractivity contribution in [2.24, 2.45) is 0 Å². The zero-order valence-corrected chi connectivity index (χ0v) is 33.0. The summed E-state index contributed by atoms with van der Waals surface area (Å²) in [7, 11) is -7.83. The number of halogens is 3. The number of hydrogen-bond acceptors (Lipinski definition) is 13. The maximum atomic E-state index is 13.7. The summed E-state index contributed by atoms with van der Waals surface area (Å²) in [6.07, 6.45) is 3.63. The number of hydrogen-bond donors (Lipinski definition) is 2. The van der Waals surface area contributed by atoms with Crippen LogP contribution in [0.25, 0.3) is 16.9 Å². The highest BCUT2D eigenvalue weighted by Gasteiger charge is 2.32. The van der Waals surface area contributed by atoms with Crippen molar-refractivity contribution in [1.29, 1.82) is 0 Å². The van der Waals surface area contributed by atoms with Gasteiger partial charge in [-0.1, -0.05) is 12.1 Å². The summed E-state index contributed by atoms with van der Waals surface area (Å²) in [5.41, 5.74) is 3.47. The maximum absolute atomic E-state index is 13.7. The van der Waals surface area contributed by atoms with Gasteiger partial charge in [0.25, 0.3) is 6.73 Å². The fourth-order valence-electron chi connectivity index (χ4n) is 4.72. The molecule has 306 valence electrons. The van der Waals surface area contributed by atoms with Gasteiger partial charge in [0, 0.05) is 49.4 Å². The Balaban J connectivity index is 0.000000775. The summed E-state index contributed by atoms with van der Waals surface area (Å²) in [6, 6.07) is 14.0. The van der Waals surface area contributed by atoms with Crippen molar-refractivity contribution in [1.82, 2.24) is 15.0 Å². The van der Waals surface area contributed by atoms with Crippen molar-refractivity contribution < 1.29 is 67.3 Å². The van der Waals surface area contributed by atoms with Crippen LogP contribution < -0.4 is 14.5 Å². The van der Waals surface area contributed by atoms with Crippen LogP contribution in [0.1, 0.15) is 46.6 Å². The zero-order valence-electron chi connectivity index (χ0n) is 31.4. The van der Waals surface area contributed by atoms with Crippen LogP contribution in [-0.2, 0) is 49.0 Å². The van der Waals surface area contributed by atoms with Crippen LogP contribution in [-0.4, -0.2) is 71.4 Å². The number of carbonyl (C=O) groups is 2. The second kappa shape index (κ2) is 19.4. The van der Waals surface area contributed by atoms with E-state index in [-0.39, 0.29) is 36.6 Å². The lowest BCUT2D eigenvalue weighted by molar-refractivity contribution is -0.727. The highest BCUT2D eigenvalue weighted by molar-refractivity contribution is 7.85. The molecule has 0 saturated carbocycles. The maximum Gasteiger partial charge on any atom is 0.513 e. The largest absolute Gasteiger partial charge is 0.748 e. The van der Waals surface area contributed by atoms with E-state index in [2.05, 4.69) is 20.3 Å². The van der Waals surface area contributed by atoms with Gasteiger partial charge in [0.15, 0.2) is 18.2 Å². The van der Waals surface area contributed by atoms with Gasteiger partial charge in [0.2, 0.25) is 12.3 Å². The van der Waals surface area contributed by atoms with Gasteiger partial charge in [0.1, 0.15) is 17.6 Å². The smallest absolute Gasteiger partial charge is 0.513 e. The third-order valence-electron chi connectivity index (χ3n) is 7.01. The average molecular weight is 837 g/mol. The van der Waals surface area contributed by atoms with E-state index in [1.807, 2.05) is 13.0 Å². The fourth-order valence-corrected chi connectivity index (χ4v) is 4.72. The van der Waals surface area contributed by atoms with Gasteiger partial charge in [0.05, 0.1) is 43.2 Å². The van der Waals surface area contributed by atoms with Gasteiger partial charge in [-0.2, -0.15) is 17.7 Å². The molecular formula is C36H39F3N6O10S2. The SMILES string of the molecule is CS(=O)(=O)[O-].CS(=O)(=O)[O-].Cc1c[n+](-c2cc(CC(=O)c3ccc(C)c(Nc4nccc(-c5ccc[n+](COC(=O)OC(C)C)c5)n4)c3)cc(C(F)(F)F)c2)c[nH]1. The number of nitrogens with one attached hydrogen (secondary N) is 2. The Morgan fingerprint density at radius 2 is 1.63 bits per heavy atom. The van der Waals surface area contributed by atoms with E-state index in [4.69, 9.17) is 35.4 Å². The Morgan fingerprint density at radius 1 is 0.965 bits per heavy atom. The highest BCUT2D eigenvalue weighted by Crippen LogP contribution is 2.31. The minimum atomic E-state index is -4.58. The molecule has 5 aromatic rings. The van der Waals surface area contributed by atoms with Gasteiger partial charge >= 0.3 is 12.3 Å². The lowest BCUT2D eigenvalue weighted by Crippen LogP contribution is -2.35. The third kappa shape index (κ3) is 16.9. The number of nitrogens with zero attached hydrogens (tertiary/aromatic N) is 4. The molecule has 0 aliphatic carbocycles. The standard InChI is InChI=1S/C34H32F3N6O4.2CH4O3S/c1-21(2)47-33(45)46-20-42-11-5-6-26(18-42)29-9-10-38-32(40-29)41-30-15-25(8-7-22(30)3)31(44)14-24-12-27(34(35,36)37)16-28(13-24)43-17-23(4)39-19-43;2*1-5(2,3)4/h5-13,15-19,21H,14,20H2,1-4H3,(H,38,40,41);2*1H3,(H,2,3,4)/q+1;;/p-1. The minimum Gasteiger partial charge on any atom is -0.748 e. The first-order valence-corrected chi connectivity index (χ1v) is 20.1. The zero-order chi connectivity index (χ0) is 42.7. The van der Waals surface area contributed by atoms with Gasteiger partial charge in [-0.05, 0) is 68.3 Å². The molecule has 0 amide bonds. The molecular weight excluding hydrogens is 798 g/mol. The number of imidazole rings is 1. The average Bonchev–Trinajstić information content (AvgIpc) is 3.52. The van der Waals surface area contributed by atoms with E-state index in [1.165, 1.54) is 0 Å². The lowest BCUT2D eigenvalue weighted by atomic mass is 9.99. The Kier molecular flexibility index (Phi) is 15.5. The Bertz CT molecular complexity index is 2380. The molecule has 0 unspecified atom stereocenters. The normalized spacial score (nSPS) is 11.4. The molecule has 57 heavy (non-hydrogen) atoms. The van der Waals surface area contributed by atoms with Crippen molar-refractivity contribution in [3.05, 3.63) is 114 Å². The van der Waals surface area contributed by atoms with Gasteiger partial charge < -0.3 is 23.9 Å². The molecule has 0 radical (unpaired) electrons. The quantitative estimate of drug-likeness (QED) is 0.0844. The predicted molar refractivity (Wildman–Crippen MR) is 196 cm³/mol. The number of carbonyl (C=O) groups excluding carboxylic acids is 2. The first-order valence-electron chi connectivity index (χ1n) is 16.5. The number of rotatable bonds is 10. The van der Waals surface area contributed by atoms with Crippen molar-refractivity contribution in [3.63, 3.8) is 0 Å². The lowest BCUT2D eigenvalue weighted by Gasteiger charge is -2.12. The predicted octanol–water partition coefficient (Wildman–Crippen LogP) is 4.68. The molecule has 0 bridgehead atoms. The number of pyridine rings is 1. The highest BCUT2D eigenvalue weighted by atomic mass is 32.2. The monoisotopic (exact) mass is 836 g/mol. The summed E-state index contributed by atoms with van der Waals surface area (Å²) in [5, 5.41) is 3.15. The number of aromatic amines is 1. The van der Waals surface area contributed by atoms with E-state index in [0.717, 1.165) is 29.0 Å². The molecule has 0 atom stereocenters. The van der Waals surface area contributed by atoms with Crippen LogP contribution in [0.2, 0.25) is 0 Å². The molecule has 0 fully saturated rings. The summed E-state index contributed by atoms with van der Waals surface area (Å²) in [4.78, 5) is 37.0. The Morgan fingerprint density at radius 3 is 2.23 bits per heavy atom. The number of ether oxygens (including phenoxy) is 2. The third-order valence-corrected chi connectivity index (χ3v) is 7.01. The fraction of sp³-hybridized carbons (Fsp3) is 0.278. The van der Waals surface area contributed by atoms with E-state index in [0.29, 0.717) is 35.1 Å². The van der Waals surface area contributed by atoms with Crippen molar-refractivity contribution in [2.75, 3.05) is 17.8 Å². The molecule has 3 aromatic heterocycles. The number of benzene rings is 2. The molecule has 0 spiro atoms. The Hall–Kier alpha value is -5.77. The van der Waals surface area contributed by atoms with Gasteiger partial charge in [-0.3, -0.25) is 4.79 Å². The van der Waals surface area contributed by atoms with Crippen LogP contribution >= 0.6 is 0 Å². The summed E-state index contributed by atoms with van der Waals surface area (Å²) >= 11 is 0. The van der Waals surface area contributed by atoms with Crippen molar-refractivity contribution in [3.8, 4) is 16.9 Å². The first-order chi connectivity index (χ1) is 26.3.